The van der Waals surface area contributed by atoms with E-state index in [1.807, 2.05) is 13.0 Å². The second-order valence-electron chi connectivity index (χ2n) is 6.88. The predicted octanol–water partition coefficient (Wildman–Crippen LogP) is 6.45. The molecule has 1 heterocycles. The zero-order valence-electron chi connectivity index (χ0n) is 16.6. The summed E-state index contributed by atoms with van der Waals surface area (Å²) in [4.78, 5) is 17.6. The SMILES string of the molecule is CCOC(=O)CCCCCc1nc(-c2ccccc2)c(-c2ccc(C)cc2)s1. The number of carbonyl (C=O) groups is 1. The lowest BCUT2D eigenvalue weighted by molar-refractivity contribution is -0.143. The fraction of sp³-hybridized carbons (Fsp3) is 0.333. The van der Waals surface area contributed by atoms with Gasteiger partial charge in [-0.25, -0.2) is 4.98 Å². The molecule has 0 bridgehead atoms. The van der Waals surface area contributed by atoms with Gasteiger partial charge in [0.1, 0.15) is 0 Å². The molecule has 3 aromatic rings. The smallest absolute Gasteiger partial charge is 0.305 e. The van der Waals surface area contributed by atoms with Crippen LogP contribution in [-0.4, -0.2) is 17.6 Å². The molecule has 0 saturated heterocycles. The van der Waals surface area contributed by atoms with Gasteiger partial charge in [0.2, 0.25) is 0 Å². The first-order valence-electron chi connectivity index (χ1n) is 9.95. The fourth-order valence-electron chi connectivity index (χ4n) is 3.12. The van der Waals surface area contributed by atoms with Crippen molar-refractivity contribution >= 4 is 17.3 Å². The average molecular weight is 394 g/mol. The van der Waals surface area contributed by atoms with E-state index in [1.165, 1.54) is 16.0 Å². The van der Waals surface area contributed by atoms with Gasteiger partial charge in [-0.15, -0.1) is 11.3 Å². The van der Waals surface area contributed by atoms with Crippen molar-refractivity contribution in [3.8, 4) is 21.7 Å². The highest BCUT2D eigenvalue weighted by Crippen LogP contribution is 2.37. The van der Waals surface area contributed by atoms with Crippen molar-refractivity contribution < 1.29 is 9.53 Å². The summed E-state index contributed by atoms with van der Waals surface area (Å²) in [6.07, 6.45) is 4.38. The molecule has 146 valence electrons. The Bertz CT molecular complexity index is 885. The molecule has 28 heavy (non-hydrogen) atoms. The molecule has 0 atom stereocenters. The van der Waals surface area contributed by atoms with Crippen LogP contribution in [0.15, 0.2) is 54.6 Å². The summed E-state index contributed by atoms with van der Waals surface area (Å²) < 4.78 is 4.98. The number of esters is 1. The van der Waals surface area contributed by atoms with Crippen molar-refractivity contribution in [3.63, 3.8) is 0 Å². The molecule has 0 amide bonds. The van der Waals surface area contributed by atoms with Gasteiger partial charge in [0.15, 0.2) is 0 Å². The minimum atomic E-state index is -0.0928. The molecule has 4 heteroatoms. The van der Waals surface area contributed by atoms with Crippen LogP contribution >= 0.6 is 11.3 Å². The highest BCUT2D eigenvalue weighted by Gasteiger charge is 2.14. The van der Waals surface area contributed by atoms with Crippen LogP contribution in [-0.2, 0) is 16.0 Å². The molecular weight excluding hydrogens is 366 g/mol. The normalized spacial score (nSPS) is 10.8. The van der Waals surface area contributed by atoms with Gasteiger partial charge in [0, 0.05) is 12.0 Å². The Morgan fingerprint density at radius 2 is 1.71 bits per heavy atom. The van der Waals surface area contributed by atoms with Crippen LogP contribution in [0.4, 0.5) is 0 Å². The van der Waals surface area contributed by atoms with Gasteiger partial charge >= 0.3 is 5.97 Å². The molecular formula is C24H27NO2S. The van der Waals surface area contributed by atoms with Crippen LogP contribution < -0.4 is 0 Å². The number of thiazole rings is 1. The summed E-state index contributed by atoms with van der Waals surface area (Å²) in [6, 6.07) is 19.1. The van der Waals surface area contributed by atoms with E-state index in [9.17, 15) is 4.79 Å². The summed E-state index contributed by atoms with van der Waals surface area (Å²) in [6.45, 7) is 4.41. The van der Waals surface area contributed by atoms with Crippen LogP contribution in [0, 0.1) is 6.92 Å². The zero-order chi connectivity index (χ0) is 19.8. The number of aryl methyl sites for hydroxylation is 2. The summed E-state index contributed by atoms with van der Waals surface area (Å²) in [5.74, 6) is -0.0928. The van der Waals surface area contributed by atoms with Gasteiger partial charge in [0.05, 0.1) is 22.2 Å². The number of hydrogen-bond donors (Lipinski definition) is 0. The minimum absolute atomic E-state index is 0.0928. The Morgan fingerprint density at radius 1 is 0.964 bits per heavy atom. The summed E-state index contributed by atoms with van der Waals surface area (Å²) in [5, 5.41) is 1.16. The molecule has 0 saturated carbocycles. The maximum atomic E-state index is 11.4. The molecule has 0 unspecified atom stereocenters. The Balaban J connectivity index is 1.71. The van der Waals surface area contributed by atoms with Crippen LogP contribution in [0.1, 0.15) is 43.2 Å². The minimum Gasteiger partial charge on any atom is -0.466 e. The third-order valence-electron chi connectivity index (χ3n) is 4.61. The Morgan fingerprint density at radius 3 is 2.43 bits per heavy atom. The van der Waals surface area contributed by atoms with Crippen LogP contribution in [0.5, 0.6) is 0 Å². The molecule has 3 rings (SSSR count). The molecule has 3 nitrogen and oxygen atoms in total. The summed E-state index contributed by atoms with van der Waals surface area (Å²) in [7, 11) is 0. The number of hydrogen-bond acceptors (Lipinski definition) is 4. The number of benzene rings is 2. The van der Waals surface area contributed by atoms with Gasteiger partial charge < -0.3 is 4.74 Å². The van der Waals surface area contributed by atoms with Crippen LogP contribution in [0.2, 0.25) is 0 Å². The van der Waals surface area contributed by atoms with Gasteiger partial charge in [-0.1, -0.05) is 66.6 Å². The number of ether oxygens (including phenoxy) is 1. The van der Waals surface area contributed by atoms with E-state index in [4.69, 9.17) is 9.72 Å². The number of unbranched alkanes of at least 4 members (excludes halogenated alkanes) is 2. The quantitative estimate of drug-likeness (QED) is 0.310. The number of carbonyl (C=O) groups excluding carboxylic acids is 1. The molecule has 0 aliphatic heterocycles. The van der Waals surface area contributed by atoms with E-state index in [1.54, 1.807) is 11.3 Å². The molecule has 0 fully saturated rings. The van der Waals surface area contributed by atoms with Crippen molar-refractivity contribution in [1.82, 2.24) is 4.98 Å². The molecule has 0 aliphatic carbocycles. The third-order valence-corrected chi connectivity index (χ3v) is 5.77. The second-order valence-corrected chi connectivity index (χ2v) is 7.97. The molecule has 0 aliphatic rings. The number of aromatic nitrogens is 1. The van der Waals surface area contributed by atoms with Crippen LogP contribution in [0.25, 0.3) is 21.7 Å². The largest absolute Gasteiger partial charge is 0.466 e. The molecule has 0 spiro atoms. The van der Waals surface area contributed by atoms with Gasteiger partial charge in [-0.3, -0.25) is 4.79 Å². The average Bonchev–Trinajstić information content (AvgIpc) is 3.13. The van der Waals surface area contributed by atoms with Crippen molar-refractivity contribution in [3.05, 3.63) is 65.2 Å². The van der Waals surface area contributed by atoms with E-state index in [-0.39, 0.29) is 5.97 Å². The molecule has 0 N–H and O–H groups in total. The zero-order valence-corrected chi connectivity index (χ0v) is 17.4. The van der Waals surface area contributed by atoms with Gasteiger partial charge in [-0.2, -0.15) is 0 Å². The molecule has 1 aromatic heterocycles. The van der Waals surface area contributed by atoms with Gasteiger partial charge in [0.25, 0.3) is 0 Å². The number of rotatable bonds is 9. The van der Waals surface area contributed by atoms with Crippen molar-refractivity contribution in [2.24, 2.45) is 0 Å². The lowest BCUT2D eigenvalue weighted by atomic mass is 10.1. The molecule has 0 radical (unpaired) electrons. The first kappa shape index (κ1) is 20.3. The van der Waals surface area contributed by atoms with Gasteiger partial charge in [-0.05, 0) is 38.7 Å². The standard InChI is InChI=1S/C24H27NO2S/c1-3-27-22(26)13-9-5-8-12-21-25-23(19-10-6-4-7-11-19)24(28-21)20-16-14-18(2)15-17-20/h4,6-7,10-11,14-17H,3,5,8-9,12-13H2,1-2H3. The summed E-state index contributed by atoms with van der Waals surface area (Å²) in [5.41, 5.74) is 4.70. The number of nitrogens with zero attached hydrogens (tertiary/aromatic N) is 1. The van der Waals surface area contributed by atoms with Crippen LogP contribution in [0.3, 0.4) is 0 Å². The van der Waals surface area contributed by atoms with E-state index in [0.717, 1.165) is 41.9 Å². The lowest BCUT2D eigenvalue weighted by Gasteiger charge is -2.03. The van der Waals surface area contributed by atoms with Crippen molar-refractivity contribution in [1.29, 1.82) is 0 Å². The van der Waals surface area contributed by atoms with E-state index in [2.05, 4.69) is 55.5 Å². The monoisotopic (exact) mass is 393 g/mol. The third kappa shape index (κ3) is 5.52. The predicted molar refractivity (Wildman–Crippen MR) is 117 cm³/mol. The topological polar surface area (TPSA) is 39.2 Å². The van der Waals surface area contributed by atoms with E-state index < -0.39 is 0 Å². The maximum Gasteiger partial charge on any atom is 0.305 e. The van der Waals surface area contributed by atoms with Crippen molar-refractivity contribution in [2.45, 2.75) is 46.0 Å². The fourth-order valence-corrected chi connectivity index (χ4v) is 4.25. The highest BCUT2D eigenvalue weighted by atomic mass is 32.1. The lowest BCUT2D eigenvalue weighted by Crippen LogP contribution is -2.03. The first-order valence-corrected chi connectivity index (χ1v) is 10.8. The van der Waals surface area contributed by atoms with E-state index in [0.29, 0.717) is 13.0 Å². The Kier molecular flexibility index (Phi) is 7.38. The Hall–Kier alpha value is -2.46. The van der Waals surface area contributed by atoms with Crippen molar-refractivity contribution in [2.75, 3.05) is 6.61 Å². The summed E-state index contributed by atoms with van der Waals surface area (Å²) >= 11 is 1.78. The van der Waals surface area contributed by atoms with E-state index >= 15 is 0 Å². The second kappa shape index (κ2) is 10.2. The highest BCUT2D eigenvalue weighted by molar-refractivity contribution is 7.15. The maximum absolute atomic E-state index is 11.4. The Labute approximate surface area is 171 Å². The molecule has 2 aromatic carbocycles. The first-order chi connectivity index (χ1) is 13.7.